The van der Waals surface area contributed by atoms with Gasteiger partial charge in [0.1, 0.15) is 5.75 Å². The molecule has 1 aliphatic rings. The van der Waals surface area contributed by atoms with Crippen molar-refractivity contribution >= 4 is 27.5 Å². The minimum absolute atomic E-state index is 0.0638. The predicted octanol–water partition coefficient (Wildman–Crippen LogP) is 1.83. The van der Waals surface area contributed by atoms with E-state index in [1.54, 1.807) is 31.4 Å². The zero-order chi connectivity index (χ0) is 18.7. The molecule has 26 heavy (non-hydrogen) atoms. The van der Waals surface area contributed by atoms with Gasteiger partial charge in [0.2, 0.25) is 21.8 Å². The maximum atomic E-state index is 12.4. The number of ether oxygens (including phenoxy) is 1. The highest BCUT2D eigenvalue weighted by molar-refractivity contribution is 7.89. The van der Waals surface area contributed by atoms with E-state index in [1.165, 1.54) is 24.3 Å². The number of hydrogen-bond donors (Lipinski definition) is 1. The van der Waals surface area contributed by atoms with Gasteiger partial charge < -0.3 is 4.74 Å². The van der Waals surface area contributed by atoms with Crippen LogP contribution in [-0.2, 0) is 26.2 Å². The van der Waals surface area contributed by atoms with Crippen LogP contribution in [0.3, 0.4) is 0 Å². The molecule has 3 rings (SSSR count). The number of nitrogens with zero attached hydrogens (tertiary/aromatic N) is 1. The van der Waals surface area contributed by atoms with Gasteiger partial charge in [0.25, 0.3) is 0 Å². The summed E-state index contributed by atoms with van der Waals surface area (Å²) in [4.78, 5) is 24.6. The molecular formula is C18H18N2O5S. The zero-order valence-corrected chi connectivity index (χ0v) is 15.0. The quantitative estimate of drug-likeness (QED) is 0.779. The fourth-order valence-electron chi connectivity index (χ4n) is 2.64. The first kappa shape index (κ1) is 18.1. The van der Waals surface area contributed by atoms with Crippen molar-refractivity contribution < 1.29 is 22.7 Å². The summed E-state index contributed by atoms with van der Waals surface area (Å²) in [6.45, 7) is 0.136. The third kappa shape index (κ3) is 3.76. The van der Waals surface area contributed by atoms with Crippen LogP contribution in [0.4, 0.5) is 5.69 Å². The number of benzene rings is 2. The summed E-state index contributed by atoms with van der Waals surface area (Å²) in [6.07, 6.45) is 0.366. The summed E-state index contributed by atoms with van der Waals surface area (Å²) in [5.74, 6) is 0.143. The summed E-state index contributed by atoms with van der Waals surface area (Å²) in [5.41, 5.74) is 1.17. The molecule has 2 aromatic rings. The summed E-state index contributed by atoms with van der Waals surface area (Å²) >= 11 is 0. The average Bonchev–Trinajstić information content (AvgIpc) is 2.99. The molecule has 1 fully saturated rings. The van der Waals surface area contributed by atoms with Crippen LogP contribution in [0, 0.1) is 0 Å². The lowest BCUT2D eigenvalue weighted by molar-refractivity contribution is -0.121. The molecule has 0 bridgehead atoms. The Morgan fingerprint density at radius 3 is 2.08 bits per heavy atom. The van der Waals surface area contributed by atoms with Crippen molar-refractivity contribution in [1.82, 2.24) is 4.72 Å². The molecule has 8 heteroatoms. The van der Waals surface area contributed by atoms with Gasteiger partial charge in [-0.15, -0.1) is 0 Å². The molecule has 136 valence electrons. The van der Waals surface area contributed by atoms with Gasteiger partial charge in [0, 0.05) is 19.4 Å². The smallest absolute Gasteiger partial charge is 0.240 e. The molecule has 7 nitrogen and oxygen atoms in total. The Hall–Kier alpha value is -2.71. The van der Waals surface area contributed by atoms with Crippen LogP contribution in [0.5, 0.6) is 5.75 Å². The predicted molar refractivity (Wildman–Crippen MR) is 95.2 cm³/mol. The number of hydrogen-bond acceptors (Lipinski definition) is 5. The highest BCUT2D eigenvalue weighted by atomic mass is 32.2. The standard InChI is InChI=1S/C18H18N2O5S/c1-25-15-6-2-13(3-7-15)12-19-26(23,24)16-8-4-14(5-9-16)20-17(21)10-11-18(20)22/h2-9,19H,10-12H2,1H3. The molecule has 1 N–H and O–H groups in total. The first-order valence-corrected chi connectivity index (χ1v) is 9.47. The van der Waals surface area contributed by atoms with E-state index >= 15 is 0 Å². The van der Waals surface area contributed by atoms with Gasteiger partial charge in [-0.3, -0.25) is 14.5 Å². The average molecular weight is 374 g/mol. The number of methoxy groups -OCH3 is 1. The fraction of sp³-hybridized carbons (Fsp3) is 0.222. The second-order valence-corrected chi connectivity index (χ2v) is 7.56. The van der Waals surface area contributed by atoms with Crippen LogP contribution in [0.25, 0.3) is 0 Å². The first-order chi connectivity index (χ1) is 12.4. The van der Waals surface area contributed by atoms with Gasteiger partial charge in [-0.1, -0.05) is 12.1 Å². The van der Waals surface area contributed by atoms with Crippen molar-refractivity contribution in [2.75, 3.05) is 12.0 Å². The van der Waals surface area contributed by atoms with Crippen molar-refractivity contribution in [3.8, 4) is 5.75 Å². The lowest BCUT2D eigenvalue weighted by atomic mass is 10.2. The Kier molecular flexibility index (Phi) is 5.06. The Labute approximate surface area is 151 Å². The topological polar surface area (TPSA) is 92.8 Å². The van der Waals surface area contributed by atoms with Gasteiger partial charge in [-0.25, -0.2) is 13.1 Å². The van der Waals surface area contributed by atoms with Gasteiger partial charge in [-0.05, 0) is 42.0 Å². The van der Waals surface area contributed by atoms with Crippen LogP contribution >= 0.6 is 0 Å². The number of rotatable bonds is 6. The third-order valence-electron chi connectivity index (χ3n) is 4.08. The zero-order valence-electron chi connectivity index (χ0n) is 14.1. The molecule has 0 spiro atoms. The number of carbonyl (C=O) groups excluding carboxylic acids is 2. The van der Waals surface area contributed by atoms with Crippen LogP contribution in [0.2, 0.25) is 0 Å². The lowest BCUT2D eigenvalue weighted by Crippen LogP contribution is -2.28. The van der Waals surface area contributed by atoms with Gasteiger partial charge in [-0.2, -0.15) is 0 Å². The van der Waals surface area contributed by atoms with Crippen molar-refractivity contribution in [2.45, 2.75) is 24.3 Å². The summed E-state index contributed by atoms with van der Waals surface area (Å²) in [5, 5.41) is 0. The molecule has 1 heterocycles. The highest BCUT2D eigenvalue weighted by Crippen LogP contribution is 2.24. The molecule has 0 unspecified atom stereocenters. The number of amides is 2. The highest BCUT2D eigenvalue weighted by Gasteiger charge is 2.30. The minimum Gasteiger partial charge on any atom is -0.497 e. The molecule has 2 aromatic carbocycles. The number of nitrogens with one attached hydrogen (secondary N) is 1. The van der Waals surface area contributed by atoms with Gasteiger partial charge in [0.15, 0.2) is 0 Å². The molecular weight excluding hydrogens is 356 g/mol. The molecule has 0 aromatic heterocycles. The normalized spacial score (nSPS) is 14.7. The van der Waals surface area contributed by atoms with E-state index < -0.39 is 10.0 Å². The van der Waals surface area contributed by atoms with E-state index in [4.69, 9.17) is 4.74 Å². The molecule has 0 saturated carbocycles. The van der Waals surface area contributed by atoms with Crippen molar-refractivity contribution in [2.24, 2.45) is 0 Å². The maximum Gasteiger partial charge on any atom is 0.240 e. The molecule has 1 aliphatic heterocycles. The molecule has 2 amide bonds. The van der Waals surface area contributed by atoms with E-state index in [0.29, 0.717) is 11.4 Å². The molecule has 0 atom stereocenters. The monoisotopic (exact) mass is 374 g/mol. The van der Waals surface area contributed by atoms with Gasteiger partial charge in [0.05, 0.1) is 17.7 Å². The SMILES string of the molecule is COc1ccc(CNS(=O)(=O)c2ccc(N3C(=O)CCC3=O)cc2)cc1. The number of sulfonamides is 1. The fourth-order valence-corrected chi connectivity index (χ4v) is 3.66. The van der Waals surface area contributed by atoms with E-state index in [-0.39, 0.29) is 36.1 Å². The second kappa shape index (κ2) is 7.27. The van der Waals surface area contributed by atoms with E-state index in [9.17, 15) is 18.0 Å². The minimum atomic E-state index is -3.71. The number of imide groups is 1. The summed E-state index contributed by atoms with van der Waals surface area (Å²) in [7, 11) is -2.15. The molecule has 1 saturated heterocycles. The van der Waals surface area contributed by atoms with E-state index in [2.05, 4.69) is 4.72 Å². The summed E-state index contributed by atoms with van der Waals surface area (Å²) in [6, 6.07) is 12.7. The number of carbonyl (C=O) groups is 2. The largest absolute Gasteiger partial charge is 0.497 e. The first-order valence-electron chi connectivity index (χ1n) is 7.99. The van der Waals surface area contributed by atoms with Crippen LogP contribution < -0.4 is 14.4 Å². The Morgan fingerprint density at radius 1 is 0.962 bits per heavy atom. The summed E-state index contributed by atoms with van der Waals surface area (Å²) < 4.78 is 32.4. The molecule has 0 aliphatic carbocycles. The lowest BCUT2D eigenvalue weighted by Gasteiger charge is -2.14. The Balaban J connectivity index is 1.70. The van der Waals surface area contributed by atoms with E-state index in [0.717, 1.165) is 10.5 Å². The maximum absolute atomic E-state index is 12.4. The number of anilines is 1. The van der Waals surface area contributed by atoms with E-state index in [1.807, 2.05) is 0 Å². The second-order valence-electron chi connectivity index (χ2n) is 5.79. The van der Waals surface area contributed by atoms with Crippen molar-refractivity contribution in [3.63, 3.8) is 0 Å². The van der Waals surface area contributed by atoms with Crippen molar-refractivity contribution in [3.05, 3.63) is 54.1 Å². The Bertz CT molecular complexity index is 905. The van der Waals surface area contributed by atoms with Crippen LogP contribution in [0.15, 0.2) is 53.4 Å². The van der Waals surface area contributed by atoms with Crippen LogP contribution in [0.1, 0.15) is 18.4 Å². The van der Waals surface area contributed by atoms with Crippen LogP contribution in [-0.4, -0.2) is 27.3 Å². The van der Waals surface area contributed by atoms with Crippen molar-refractivity contribution in [1.29, 1.82) is 0 Å². The molecule has 0 radical (unpaired) electrons. The third-order valence-corrected chi connectivity index (χ3v) is 5.50. The van der Waals surface area contributed by atoms with Gasteiger partial charge >= 0.3 is 0 Å². The Morgan fingerprint density at radius 2 is 1.54 bits per heavy atom.